The van der Waals surface area contributed by atoms with Crippen molar-refractivity contribution in [2.75, 3.05) is 6.54 Å². The van der Waals surface area contributed by atoms with Gasteiger partial charge in [-0.15, -0.1) is 0 Å². The summed E-state index contributed by atoms with van der Waals surface area (Å²) < 4.78 is 11.1. The van der Waals surface area contributed by atoms with Crippen LogP contribution in [0.25, 0.3) is 0 Å². The van der Waals surface area contributed by atoms with E-state index < -0.39 is 28.7 Å². The molecule has 1 aromatic heterocycles. The molecule has 4 aliphatic rings. The second kappa shape index (κ2) is 11.1. The van der Waals surface area contributed by atoms with E-state index in [-0.39, 0.29) is 41.7 Å². The lowest BCUT2D eigenvalue weighted by Crippen LogP contribution is -2.62. The van der Waals surface area contributed by atoms with Crippen molar-refractivity contribution >= 4 is 18.0 Å². The molecule has 0 radical (unpaired) electrons. The Balaban J connectivity index is 1.31. The minimum Gasteiger partial charge on any atom is -0.481 e. The number of nitrogens with one attached hydrogen (secondary N) is 2. The number of carbonyl (C=O) groups is 3. The highest BCUT2D eigenvalue weighted by atomic mass is 16.5. The second-order valence-corrected chi connectivity index (χ2v) is 13.5. The average Bonchev–Trinajstić information content (AvgIpc) is 3.13. The molecule has 1 aromatic rings. The fraction of sp³-hybridized carbons (Fsp3) is 0.742. The zero-order valence-corrected chi connectivity index (χ0v) is 24.3. The van der Waals surface area contributed by atoms with E-state index in [1.807, 2.05) is 0 Å². The number of hydrogen-bond donors (Lipinski definition) is 4. The number of amides is 2. The maximum absolute atomic E-state index is 12.7. The van der Waals surface area contributed by atoms with E-state index in [2.05, 4.69) is 24.5 Å². The number of urea groups is 1. The number of rotatable bonds is 7. The van der Waals surface area contributed by atoms with Gasteiger partial charge < -0.3 is 30.0 Å². The summed E-state index contributed by atoms with van der Waals surface area (Å²) in [5.74, 6) is -0.731. The number of fused-ring (bicyclic) bond motifs is 5. The minimum absolute atomic E-state index is 0.0300. The summed E-state index contributed by atoms with van der Waals surface area (Å²) in [4.78, 5) is 47.0. The first-order valence-corrected chi connectivity index (χ1v) is 15.1. The molecule has 10 nitrogen and oxygen atoms in total. The van der Waals surface area contributed by atoms with Gasteiger partial charge in [0.2, 0.25) is 0 Å². The molecule has 4 fully saturated rings. The fourth-order valence-electron chi connectivity index (χ4n) is 9.50. The van der Waals surface area contributed by atoms with Crippen molar-refractivity contribution in [1.29, 1.82) is 0 Å². The summed E-state index contributed by atoms with van der Waals surface area (Å²) >= 11 is 0. The summed E-state index contributed by atoms with van der Waals surface area (Å²) in [7, 11) is 0. The van der Waals surface area contributed by atoms with E-state index in [1.54, 1.807) is 6.07 Å². The molecule has 0 unspecified atom stereocenters. The van der Waals surface area contributed by atoms with Gasteiger partial charge in [0.1, 0.15) is 6.10 Å². The van der Waals surface area contributed by atoms with Gasteiger partial charge in [0.15, 0.2) is 0 Å². The molecule has 0 spiro atoms. The van der Waals surface area contributed by atoms with Crippen molar-refractivity contribution in [1.82, 2.24) is 10.6 Å². The van der Waals surface area contributed by atoms with E-state index in [9.17, 15) is 24.3 Å². The molecule has 226 valence electrons. The number of carboxylic acids is 1. The van der Waals surface area contributed by atoms with Crippen LogP contribution in [0.2, 0.25) is 0 Å². The summed E-state index contributed by atoms with van der Waals surface area (Å²) in [6.07, 6.45) is 8.00. The Morgan fingerprint density at radius 1 is 1.10 bits per heavy atom. The van der Waals surface area contributed by atoms with Crippen molar-refractivity contribution in [2.45, 2.75) is 109 Å². The molecule has 9 atom stereocenters. The Morgan fingerprint density at radius 2 is 1.88 bits per heavy atom. The number of ether oxygens (including phenoxy) is 1. The Kier molecular flexibility index (Phi) is 8.00. The largest absolute Gasteiger partial charge is 0.481 e. The van der Waals surface area contributed by atoms with Gasteiger partial charge in [-0.3, -0.25) is 9.59 Å². The maximum atomic E-state index is 12.7. The van der Waals surface area contributed by atoms with E-state index in [4.69, 9.17) is 14.3 Å². The van der Waals surface area contributed by atoms with Crippen molar-refractivity contribution in [3.05, 3.63) is 34.4 Å². The third-order valence-corrected chi connectivity index (χ3v) is 11.4. The average molecular weight is 573 g/mol. The second-order valence-electron chi connectivity index (χ2n) is 13.5. The smallest absolute Gasteiger partial charge is 0.335 e. The third kappa shape index (κ3) is 5.28. The van der Waals surface area contributed by atoms with Gasteiger partial charge in [-0.05, 0) is 86.2 Å². The first-order chi connectivity index (χ1) is 19.4. The van der Waals surface area contributed by atoms with E-state index >= 15 is 0 Å². The topological polar surface area (TPSA) is 155 Å². The normalized spacial score (nSPS) is 39.5. The zero-order valence-electron chi connectivity index (χ0n) is 24.3. The van der Waals surface area contributed by atoms with Crippen LogP contribution in [-0.2, 0) is 14.3 Å². The van der Waals surface area contributed by atoms with Crippen LogP contribution in [-0.4, -0.2) is 52.5 Å². The molecule has 10 heteroatoms. The first-order valence-electron chi connectivity index (χ1n) is 15.1. The molecule has 4 aliphatic carbocycles. The lowest BCUT2D eigenvalue weighted by molar-refractivity contribution is -0.202. The van der Waals surface area contributed by atoms with Gasteiger partial charge in [0.05, 0.1) is 11.9 Å². The Hall–Kier alpha value is -2.88. The van der Waals surface area contributed by atoms with Crippen LogP contribution >= 0.6 is 0 Å². The third-order valence-electron chi connectivity index (χ3n) is 11.4. The molecule has 2 amide bonds. The standard InChI is InChI=1S/C31H44N2O8/c1-18(34)41-24-16-31(39)23-8-7-20-15-21(33-28(38)32-14-4-5-25(35)36)10-12-29(20,2)22(23)11-13-30(31,3)27(24)19-6-9-26(37)40-17-19/h6,9,17,20-24,27,39H,4-5,7-8,10-16H2,1-3H3,(H,35,36)(H2,32,33,38)/t20-,21+,22+,23-,24+,27+,29+,30-,31+/m1/s1. The molecular weight excluding hydrogens is 528 g/mol. The highest BCUT2D eigenvalue weighted by Crippen LogP contribution is 2.70. The first kappa shape index (κ1) is 29.6. The SMILES string of the molecule is CC(=O)O[C@H]1C[C@]2(O)[C@@H]3CC[C@@H]4C[C@@H](NC(=O)NCCCC(=O)O)CC[C@]4(C)[C@H]3CC[C@]2(C)[C@H]1c1ccc(=O)oc1. The van der Waals surface area contributed by atoms with Crippen molar-refractivity contribution < 1.29 is 33.8 Å². The van der Waals surface area contributed by atoms with Gasteiger partial charge in [-0.1, -0.05) is 13.8 Å². The van der Waals surface area contributed by atoms with Gasteiger partial charge in [0.25, 0.3) is 0 Å². The van der Waals surface area contributed by atoms with Crippen LogP contribution in [0.15, 0.2) is 27.6 Å². The zero-order chi connectivity index (χ0) is 29.6. The summed E-state index contributed by atoms with van der Waals surface area (Å²) in [5.41, 5.74) is -1.21. The summed E-state index contributed by atoms with van der Waals surface area (Å²) in [6, 6.07) is 2.95. The highest BCUT2D eigenvalue weighted by Gasteiger charge is 2.70. The molecule has 4 N–H and O–H groups in total. The monoisotopic (exact) mass is 572 g/mol. The van der Waals surface area contributed by atoms with Crippen LogP contribution < -0.4 is 16.3 Å². The molecule has 0 aromatic carbocycles. The van der Waals surface area contributed by atoms with Crippen molar-refractivity contribution in [2.24, 2.45) is 28.6 Å². The number of hydrogen-bond acceptors (Lipinski definition) is 7. The molecule has 1 heterocycles. The lowest BCUT2D eigenvalue weighted by Gasteiger charge is -2.63. The molecule has 0 bridgehead atoms. The predicted molar refractivity (Wildman–Crippen MR) is 149 cm³/mol. The number of aliphatic hydroxyl groups is 1. The highest BCUT2D eigenvalue weighted by molar-refractivity contribution is 5.74. The quantitative estimate of drug-likeness (QED) is 0.283. The Morgan fingerprint density at radius 3 is 2.56 bits per heavy atom. The van der Waals surface area contributed by atoms with Gasteiger partial charge in [-0.2, -0.15) is 0 Å². The Bertz CT molecular complexity index is 1210. The number of carboxylic acid groups (broad SMARTS) is 1. The molecular formula is C31H44N2O8. The number of aliphatic carboxylic acids is 1. The molecule has 4 saturated carbocycles. The summed E-state index contributed by atoms with van der Waals surface area (Å²) in [6.45, 7) is 6.21. The minimum atomic E-state index is -1.03. The van der Waals surface area contributed by atoms with Crippen LogP contribution in [0, 0.1) is 28.6 Å². The van der Waals surface area contributed by atoms with E-state index in [0.29, 0.717) is 31.2 Å². The van der Waals surface area contributed by atoms with Crippen LogP contribution in [0.4, 0.5) is 4.79 Å². The van der Waals surface area contributed by atoms with E-state index in [0.717, 1.165) is 50.5 Å². The number of esters is 1. The number of carbonyl (C=O) groups excluding carboxylic acids is 2. The lowest BCUT2D eigenvalue weighted by atomic mass is 9.43. The van der Waals surface area contributed by atoms with Crippen molar-refractivity contribution in [3.63, 3.8) is 0 Å². The van der Waals surface area contributed by atoms with Gasteiger partial charge >= 0.3 is 23.6 Å². The van der Waals surface area contributed by atoms with Crippen LogP contribution in [0.5, 0.6) is 0 Å². The van der Waals surface area contributed by atoms with Crippen molar-refractivity contribution in [3.8, 4) is 0 Å². The Labute approximate surface area is 240 Å². The maximum Gasteiger partial charge on any atom is 0.335 e. The predicted octanol–water partition coefficient (Wildman–Crippen LogP) is 3.96. The molecule has 5 rings (SSSR count). The summed E-state index contributed by atoms with van der Waals surface area (Å²) in [5, 5.41) is 27.3. The molecule has 0 saturated heterocycles. The van der Waals surface area contributed by atoms with Crippen LogP contribution in [0.1, 0.15) is 96.5 Å². The van der Waals surface area contributed by atoms with E-state index in [1.165, 1.54) is 19.3 Å². The fourth-order valence-corrected chi connectivity index (χ4v) is 9.50. The molecule has 41 heavy (non-hydrogen) atoms. The van der Waals surface area contributed by atoms with Crippen LogP contribution in [0.3, 0.4) is 0 Å². The molecule has 0 aliphatic heterocycles. The van der Waals surface area contributed by atoms with Gasteiger partial charge in [-0.25, -0.2) is 9.59 Å². The van der Waals surface area contributed by atoms with Gasteiger partial charge in [0, 0.05) is 49.8 Å².